The number of fused-ring (bicyclic) bond motifs is 1. The van der Waals surface area contributed by atoms with Crippen molar-refractivity contribution in [1.29, 1.82) is 0 Å². The molecule has 138 valence electrons. The van der Waals surface area contributed by atoms with Gasteiger partial charge in [0.15, 0.2) is 0 Å². The van der Waals surface area contributed by atoms with Gasteiger partial charge in [0.05, 0.1) is 12.2 Å². The molecule has 0 aromatic heterocycles. The Morgan fingerprint density at radius 1 is 1.28 bits per heavy atom. The third-order valence-electron chi connectivity index (χ3n) is 5.28. The van der Waals surface area contributed by atoms with Gasteiger partial charge in [0.25, 0.3) is 0 Å². The molecule has 1 saturated carbocycles. The Bertz CT molecular complexity index is 573. The van der Waals surface area contributed by atoms with Gasteiger partial charge in [0, 0.05) is 25.4 Å². The molecule has 1 aliphatic carbocycles. The number of carbonyl (C=O) groups excluding carboxylic acids is 1. The molecule has 1 amide bonds. The lowest BCUT2D eigenvalue weighted by molar-refractivity contribution is -0.124. The van der Waals surface area contributed by atoms with E-state index in [4.69, 9.17) is 9.47 Å². The molecule has 0 unspecified atom stereocenters. The average molecular weight is 346 g/mol. The highest BCUT2D eigenvalue weighted by molar-refractivity contribution is 5.73. The molecule has 1 aliphatic heterocycles. The van der Waals surface area contributed by atoms with E-state index >= 15 is 0 Å². The molecule has 1 heterocycles. The summed E-state index contributed by atoms with van der Waals surface area (Å²) >= 11 is 0. The second-order valence-electron chi connectivity index (χ2n) is 7.52. The van der Waals surface area contributed by atoms with Crippen LogP contribution in [0.2, 0.25) is 0 Å². The molecule has 5 heteroatoms. The van der Waals surface area contributed by atoms with E-state index in [9.17, 15) is 4.79 Å². The maximum Gasteiger partial charge on any atom is 0.217 e. The predicted molar refractivity (Wildman–Crippen MR) is 97.7 cm³/mol. The normalized spacial score (nSPS) is 28.6. The van der Waals surface area contributed by atoms with Crippen LogP contribution in [0, 0.1) is 5.92 Å². The summed E-state index contributed by atoms with van der Waals surface area (Å²) in [6.45, 7) is 3.18. The van der Waals surface area contributed by atoms with Gasteiger partial charge in [0.1, 0.15) is 12.4 Å². The van der Waals surface area contributed by atoms with E-state index in [0.717, 1.165) is 31.6 Å². The molecule has 1 N–H and O–H groups in total. The standard InChI is InChI=1S/C20H30N2O3/c1-14(23)21-18-13-20(25-19-6-4-5-17(18)19)15-7-9-16(10-8-15)24-12-11-22(2)3/h7-10,17-20H,4-6,11-13H2,1-3H3,(H,21,23)/t17-,18+,19+,20+/m0/s1. The summed E-state index contributed by atoms with van der Waals surface area (Å²) < 4.78 is 12.1. The summed E-state index contributed by atoms with van der Waals surface area (Å²) in [5.41, 5.74) is 1.17. The molecule has 25 heavy (non-hydrogen) atoms. The lowest BCUT2D eigenvalue weighted by Crippen LogP contribution is -2.47. The molecule has 1 aromatic rings. The first kappa shape index (κ1) is 18.2. The first-order chi connectivity index (χ1) is 12.0. The first-order valence-electron chi connectivity index (χ1n) is 9.33. The Labute approximate surface area is 150 Å². The number of rotatable bonds is 6. The number of nitrogens with one attached hydrogen (secondary N) is 1. The quantitative estimate of drug-likeness (QED) is 0.860. The topological polar surface area (TPSA) is 50.8 Å². The van der Waals surface area contributed by atoms with Gasteiger partial charge in [-0.15, -0.1) is 0 Å². The zero-order chi connectivity index (χ0) is 17.8. The van der Waals surface area contributed by atoms with Gasteiger partial charge in [-0.2, -0.15) is 0 Å². The number of hydrogen-bond acceptors (Lipinski definition) is 4. The van der Waals surface area contributed by atoms with E-state index in [-0.39, 0.29) is 24.2 Å². The van der Waals surface area contributed by atoms with Gasteiger partial charge in [-0.1, -0.05) is 18.6 Å². The Morgan fingerprint density at radius 2 is 2.04 bits per heavy atom. The number of amides is 1. The minimum Gasteiger partial charge on any atom is -0.492 e. The fourth-order valence-electron chi connectivity index (χ4n) is 4.02. The minimum absolute atomic E-state index is 0.0482. The molecule has 0 radical (unpaired) electrons. The summed E-state index contributed by atoms with van der Waals surface area (Å²) in [7, 11) is 4.07. The van der Waals surface area contributed by atoms with Crippen molar-refractivity contribution in [3.8, 4) is 5.75 Å². The smallest absolute Gasteiger partial charge is 0.217 e. The van der Waals surface area contributed by atoms with Crippen LogP contribution in [0.4, 0.5) is 0 Å². The van der Waals surface area contributed by atoms with Crippen LogP contribution in [-0.4, -0.2) is 50.2 Å². The van der Waals surface area contributed by atoms with Crippen LogP contribution in [0.5, 0.6) is 5.75 Å². The number of hydrogen-bond donors (Lipinski definition) is 1. The first-order valence-corrected chi connectivity index (χ1v) is 9.33. The zero-order valence-corrected chi connectivity index (χ0v) is 15.5. The van der Waals surface area contributed by atoms with Gasteiger partial charge in [-0.3, -0.25) is 4.79 Å². The molecule has 2 aliphatic rings. The molecular formula is C20H30N2O3. The van der Waals surface area contributed by atoms with Gasteiger partial charge in [0.2, 0.25) is 5.91 Å². The van der Waals surface area contributed by atoms with Crippen molar-refractivity contribution < 1.29 is 14.3 Å². The van der Waals surface area contributed by atoms with Crippen molar-refractivity contribution in [2.24, 2.45) is 5.92 Å². The second kappa shape index (κ2) is 8.19. The number of carbonyl (C=O) groups is 1. The van der Waals surface area contributed by atoms with Crippen LogP contribution in [-0.2, 0) is 9.53 Å². The fraction of sp³-hybridized carbons (Fsp3) is 0.650. The lowest BCUT2D eigenvalue weighted by Gasteiger charge is -2.39. The molecule has 0 bridgehead atoms. The van der Waals surface area contributed by atoms with Crippen molar-refractivity contribution in [2.45, 2.75) is 50.9 Å². The zero-order valence-electron chi connectivity index (χ0n) is 15.5. The van der Waals surface area contributed by atoms with E-state index in [1.165, 1.54) is 12.0 Å². The van der Waals surface area contributed by atoms with Crippen molar-refractivity contribution in [3.05, 3.63) is 29.8 Å². The largest absolute Gasteiger partial charge is 0.492 e. The predicted octanol–water partition coefficient (Wildman–Crippen LogP) is 2.76. The Balaban J connectivity index is 1.63. The van der Waals surface area contributed by atoms with Crippen molar-refractivity contribution in [2.75, 3.05) is 27.2 Å². The van der Waals surface area contributed by atoms with Crippen LogP contribution >= 0.6 is 0 Å². The highest BCUT2D eigenvalue weighted by Crippen LogP contribution is 2.42. The van der Waals surface area contributed by atoms with E-state index in [1.807, 2.05) is 26.2 Å². The summed E-state index contributed by atoms with van der Waals surface area (Å²) in [5.74, 6) is 1.41. The third-order valence-corrected chi connectivity index (χ3v) is 5.28. The number of nitrogens with zero attached hydrogens (tertiary/aromatic N) is 1. The summed E-state index contributed by atoms with van der Waals surface area (Å²) in [6, 6.07) is 8.44. The van der Waals surface area contributed by atoms with Gasteiger partial charge in [-0.05, 0) is 51.1 Å². The Kier molecular flexibility index (Phi) is 5.97. The number of ether oxygens (including phenoxy) is 2. The molecular weight excluding hydrogens is 316 g/mol. The van der Waals surface area contributed by atoms with Crippen molar-refractivity contribution in [3.63, 3.8) is 0 Å². The van der Waals surface area contributed by atoms with Crippen molar-refractivity contribution in [1.82, 2.24) is 10.2 Å². The summed E-state index contributed by atoms with van der Waals surface area (Å²) in [6.07, 6.45) is 4.61. The van der Waals surface area contributed by atoms with E-state index < -0.39 is 0 Å². The summed E-state index contributed by atoms with van der Waals surface area (Å²) in [4.78, 5) is 13.7. The van der Waals surface area contributed by atoms with Crippen LogP contribution in [0.25, 0.3) is 0 Å². The molecule has 1 saturated heterocycles. The molecule has 0 spiro atoms. The average Bonchev–Trinajstić information content (AvgIpc) is 3.03. The fourth-order valence-corrected chi connectivity index (χ4v) is 4.02. The van der Waals surface area contributed by atoms with Gasteiger partial charge < -0.3 is 19.7 Å². The molecule has 1 aromatic carbocycles. The highest BCUT2D eigenvalue weighted by atomic mass is 16.5. The van der Waals surface area contributed by atoms with E-state index in [1.54, 1.807) is 6.92 Å². The SMILES string of the molecule is CC(=O)N[C@@H]1C[C@H](c2ccc(OCCN(C)C)cc2)O[C@@H]2CCC[C@@H]12. The molecule has 5 nitrogen and oxygen atoms in total. The lowest BCUT2D eigenvalue weighted by atomic mass is 9.86. The van der Waals surface area contributed by atoms with Crippen LogP contribution < -0.4 is 10.1 Å². The molecule has 4 atom stereocenters. The van der Waals surface area contributed by atoms with Crippen LogP contribution in [0.3, 0.4) is 0 Å². The van der Waals surface area contributed by atoms with Crippen LogP contribution in [0.15, 0.2) is 24.3 Å². The number of benzene rings is 1. The maximum atomic E-state index is 11.6. The van der Waals surface area contributed by atoms with Crippen molar-refractivity contribution >= 4 is 5.91 Å². The van der Waals surface area contributed by atoms with Gasteiger partial charge in [-0.25, -0.2) is 0 Å². The second-order valence-corrected chi connectivity index (χ2v) is 7.52. The molecule has 2 fully saturated rings. The van der Waals surface area contributed by atoms with Crippen LogP contribution in [0.1, 0.15) is 44.3 Å². The minimum atomic E-state index is 0.0482. The maximum absolute atomic E-state index is 11.6. The monoisotopic (exact) mass is 346 g/mol. The Hall–Kier alpha value is -1.59. The summed E-state index contributed by atoms with van der Waals surface area (Å²) in [5, 5.41) is 3.15. The van der Waals surface area contributed by atoms with Gasteiger partial charge >= 0.3 is 0 Å². The third kappa shape index (κ3) is 4.73. The Morgan fingerprint density at radius 3 is 2.72 bits per heavy atom. The van der Waals surface area contributed by atoms with E-state index in [0.29, 0.717) is 12.5 Å². The highest BCUT2D eigenvalue weighted by Gasteiger charge is 2.42. The number of likely N-dealkylation sites (N-methyl/N-ethyl adjacent to an activating group) is 1. The van der Waals surface area contributed by atoms with E-state index in [2.05, 4.69) is 22.3 Å². The molecule has 3 rings (SSSR count).